The number of H-pyrrole nitrogens is 1. The van der Waals surface area contributed by atoms with Crippen molar-refractivity contribution in [2.45, 2.75) is 13.8 Å². The predicted molar refractivity (Wildman–Crippen MR) is 34.3 cm³/mol. The minimum atomic E-state index is 0.676. The van der Waals surface area contributed by atoms with E-state index in [-0.39, 0.29) is 0 Å². The van der Waals surface area contributed by atoms with Gasteiger partial charge in [0.1, 0.15) is 0 Å². The van der Waals surface area contributed by atoms with Gasteiger partial charge in [-0.25, -0.2) is 0 Å². The number of nitrogen functional groups attached to an aromatic ring is 1. The first-order chi connectivity index (χ1) is 3.89. The number of rotatable bonds is 0. The van der Waals surface area contributed by atoms with Gasteiger partial charge in [0.05, 0.1) is 11.9 Å². The van der Waals surface area contributed by atoms with Gasteiger partial charge in [-0.1, -0.05) is 13.8 Å². The molecule has 0 aromatic carbocycles. The Balaban J connectivity index is 0.000000222. The molecule has 0 unspecified atom stereocenters. The van der Waals surface area contributed by atoms with Crippen LogP contribution in [0, 0.1) is 0 Å². The molecule has 0 aliphatic heterocycles. The van der Waals surface area contributed by atoms with Crippen LogP contribution in [-0.2, 0) is 0 Å². The largest absolute Gasteiger partial charge is 0.396 e. The van der Waals surface area contributed by atoms with Crippen LogP contribution in [0.5, 0.6) is 0 Å². The highest BCUT2D eigenvalue weighted by molar-refractivity contribution is 5.29. The summed E-state index contributed by atoms with van der Waals surface area (Å²) in [5, 5.41) is 6.13. The Labute approximate surface area is 48.9 Å². The monoisotopic (exact) mass is 113 g/mol. The number of aromatic amines is 1. The van der Waals surface area contributed by atoms with E-state index < -0.39 is 0 Å². The van der Waals surface area contributed by atoms with E-state index in [1.807, 2.05) is 13.8 Å². The molecular weight excluding hydrogens is 102 g/mol. The van der Waals surface area contributed by atoms with E-state index in [2.05, 4.69) is 10.2 Å². The molecule has 0 aliphatic carbocycles. The third-order valence-corrected chi connectivity index (χ3v) is 0.519. The number of hydrogen-bond donors (Lipinski definition) is 2. The zero-order valence-corrected chi connectivity index (χ0v) is 5.18. The first-order valence-electron chi connectivity index (χ1n) is 2.64. The van der Waals surface area contributed by atoms with Crippen molar-refractivity contribution in [3.8, 4) is 0 Å². The SMILES string of the molecule is CC.Nc1cn[nH]c1. The van der Waals surface area contributed by atoms with Gasteiger partial charge >= 0.3 is 0 Å². The van der Waals surface area contributed by atoms with Gasteiger partial charge in [-0.3, -0.25) is 5.10 Å². The third kappa shape index (κ3) is 2.23. The van der Waals surface area contributed by atoms with Crippen molar-refractivity contribution in [1.82, 2.24) is 10.2 Å². The second-order valence-corrected chi connectivity index (χ2v) is 1.03. The fourth-order valence-electron chi connectivity index (χ4n) is 0.261. The lowest BCUT2D eigenvalue weighted by Gasteiger charge is -1.66. The molecule has 8 heavy (non-hydrogen) atoms. The zero-order valence-electron chi connectivity index (χ0n) is 5.18. The highest BCUT2D eigenvalue weighted by atomic mass is 15.1. The highest BCUT2D eigenvalue weighted by Crippen LogP contribution is 1.88. The van der Waals surface area contributed by atoms with Gasteiger partial charge in [0.2, 0.25) is 0 Å². The number of nitrogens with zero attached hydrogens (tertiary/aromatic N) is 1. The zero-order chi connectivity index (χ0) is 6.41. The molecule has 1 aromatic rings. The molecule has 0 spiro atoms. The van der Waals surface area contributed by atoms with Gasteiger partial charge in [0, 0.05) is 6.20 Å². The second-order valence-electron chi connectivity index (χ2n) is 1.03. The molecule has 46 valence electrons. The highest BCUT2D eigenvalue weighted by Gasteiger charge is 1.74. The maximum absolute atomic E-state index is 5.18. The molecule has 1 heterocycles. The van der Waals surface area contributed by atoms with Crippen molar-refractivity contribution in [1.29, 1.82) is 0 Å². The third-order valence-electron chi connectivity index (χ3n) is 0.519. The van der Waals surface area contributed by atoms with Crippen LogP contribution in [0.15, 0.2) is 12.4 Å². The number of nitrogens with two attached hydrogens (primary N) is 1. The van der Waals surface area contributed by atoms with E-state index >= 15 is 0 Å². The average Bonchev–Trinajstić information content (AvgIpc) is 2.24. The number of anilines is 1. The molecule has 0 aliphatic rings. The van der Waals surface area contributed by atoms with Crippen molar-refractivity contribution in [3.63, 3.8) is 0 Å². The van der Waals surface area contributed by atoms with Crippen LogP contribution in [-0.4, -0.2) is 10.2 Å². The fourth-order valence-corrected chi connectivity index (χ4v) is 0.261. The quantitative estimate of drug-likeness (QED) is 0.527. The normalized spacial score (nSPS) is 7.25. The summed E-state index contributed by atoms with van der Waals surface area (Å²) in [6.45, 7) is 4.00. The lowest BCUT2D eigenvalue weighted by molar-refractivity contribution is 1.09. The van der Waals surface area contributed by atoms with Crippen molar-refractivity contribution >= 4 is 5.69 Å². The van der Waals surface area contributed by atoms with Crippen molar-refractivity contribution in [2.75, 3.05) is 5.73 Å². The maximum atomic E-state index is 5.18. The summed E-state index contributed by atoms with van der Waals surface area (Å²) in [5.41, 5.74) is 5.86. The topological polar surface area (TPSA) is 54.7 Å². The maximum Gasteiger partial charge on any atom is 0.0717 e. The first kappa shape index (κ1) is 7.01. The Hall–Kier alpha value is -0.990. The molecule has 1 rings (SSSR count). The number of aromatic nitrogens is 2. The summed E-state index contributed by atoms with van der Waals surface area (Å²) in [6.07, 6.45) is 3.18. The summed E-state index contributed by atoms with van der Waals surface area (Å²) in [5.74, 6) is 0. The molecule has 0 bridgehead atoms. The molecule has 1 aromatic heterocycles. The second kappa shape index (κ2) is 4.18. The Morgan fingerprint density at radius 1 is 1.62 bits per heavy atom. The first-order valence-corrected chi connectivity index (χ1v) is 2.64. The predicted octanol–water partition coefficient (Wildman–Crippen LogP) is 1.02. The number of hydrogen-bond acceptors (Lipinski definition) is 2. The number of nitrogens with one attached hydrogen (secondary N) is 1. The standard InChI is InChI=1S/C3H5N3.C2H6/c4-3-1-5-6-2-3;1-2/h1-2H,4H2,(H,5,6);1-2H3. The van der Waals surface area contributed by atoms with E-state index in [0.717, 1.165) is 0 Å². The molecule has 0 atom stereocenters. The van der Waals surface area contributed by atoms with Crippen LogP contribution in [0.1, 0.15) is 13.8 Å². The summed E-state index contributed by atoms with van der Waals surface area (Å²) in [4.78, 5) is 0. The van der Waals surface area contributed by atoms with Gasteiger partial charge in [0.15, 0.2) is 0 Å². The Morgan fingerprint density at radius 3 is 2.38 bits per heavy atom. The Kier molecular flexibility index (Phi) is 3.66. The molecule has 0 radical (unpaired) electrons. The average molecular weight is 113 g/mol. The van der Waals surface area contributed by atoms with Gasteiger partial charge < -0.3 is 5.73 Å². The van der Waals surface area contributed by atoms with Crippen LogP contribution < -0.4 is 5.73 Å². The molecular formula is C5H11N3. The Morgan fingerprint density at radius 2 is 2.25 bits per heavy atom. The fraction of sp³-hybridized carbons (Fsp3) is 0.400. The van der Waals surface area contributed by atoms with E-state index in [0.29, 0.717) is 5.69 Å². The van der Waals surface area contributed by atoms with Crippen molar-refractivity contribution in [3.05, 3.63) is 12.4 Å². The lowest BCUT2D eigenvalue weighted by Crippen LogP contribution is -1.75. The van der Waals surface area contributed by atoms with Crippen molar-refractivity contribution < 1.29 is 0 Å². The van der Waals surface area contributed by atoms with E-state index in [4.69, 9.17) is 5.73 Å². The molecule has 3 heteroatoms. The minimum absolute atomic E-state index is 0.676. The summed E-state index contributed by atoms with van der Waals surface area (Å²) >= 11 is 0. The van der Waals surface area contributed by atoms with E-state index in [1.54, 1.807) is 12.4 Å². The van der Waals surface area contributed by atoms with Gasteiger partial charge in [-0.05, 0) is 0 Å². The van der Waals surface area contributed by atoms with Crippen LogP contribution in [0.3, 0.4) is 0 Å². The summed E-state index contributed by atoms with van der Waals surface area (Å²) in [7, 11) is 0. The van der Waals surface area contributed by atoms with Gasteiger partial charge in [-0.2, -0.15) is 5.10 Å². The minimum Gasteiger partial charge on any atom is -0.396 e. The van der Waals surface area contributed by atoms with E-state index in [9.17, 15) is 0 Å². The Bertz CT molecular complexity index is 111. The molecule has 3 N–H and O–H groups in total. The summed E-state index contributed by atoms with van der Waals surface area (Å²) < 4.78 is 0. The van der Waals surface area contributed by atoms with Crippen LogP contribution >= 0.6 is 0 Å². The lowest BCUT2D eigenvalue weighted by atomic mass is 10.6. The molecule has 0 saturated carbocycles. The molecule has 3 nitrogen and oxygen atoms in total. The molecule has 0 saturated heterocycles. The van der Waals surface area contributed by atoms with E-state index in [1.165, 1.54) is 0 Å². The smallest absolute Gasteiger partial charge is 0.0717 e. The molecule has 0 amide bonds. The summed E-state index contributed by atoms with van der Waals surface area (Å²) in [6, 6.07) is 0. The van der Waals surface area contributed by atoms with Crippen molar-refractivity contribution in [2.24, 2.45) is 0 Å². The van der Waals surface area contributed by atoms with Crippen LogP contribution in [0.25, 0.3) is 0 Å². The van der Waals surface area contributed by atoms with Crippen LogP contribution in [0.4, 0.5) is 5.69 Å². The molecule has 0 fully saturated rings. The van der Waals surface area contributed by atoms with Gasteiger partial charge in [-0.15, -0.1) is 0 Å². The van der Waals surface area contributed by atoms with Gasteiger partial charge in [0.25, 0.3) is 0 Å². The van der Waals surface area contributed by atoms with Crippen LogP contribution in [0.2, 0.25) is 0 Å².